The summed E-state index contributed by atoms with van der Waals surface area (Å²) in [6.45, 7) is 3.59. The normalized spacial score (nSPS) is 13.7. The fraction of sp³-hybridized carbons (Fsp3) is 0.714. The van der Waals surface area contributed by atoms with Crippen LogP contribution < -0.4 is 0 Å². The molecule has 1 N–H and O–H groups in total. The minimum absolute atomic E-state index is 0.00148. The van der Waals surface area contributed by atoms with Gasteiger partial charge in [0.1, 0.15) is 0 Å². The topological polar surface area (TPSA) is 63.6 Å². The maximum atomic E-state index is 10.8. The van der Waals surface area contributed by atoms with Gasteiger partial charge in [0.15, 0.2) is 0 Å². The van der Waals surface area contributed by atoms with Crippen molar-refractivity contribution < 1.29 is 19.4 Å². The molecule has 0 saturated carbocycles. The third kappa shape index (κ3) is 3.76. The van der Waals surface area contributed by atoms with Gasteiger partial charge in [-0.3, -0.25) is 0 Å². The van der Waals surface area contributed by atoms with Crippen LogP contribution in [0.25, 0.3) is 0 Å². The van der Waals surface area contributed by atoms with Crippen LogP contribution in [0.15, 0.2) is 0 Å². The summed E-state index contributed by atoms with van der Waals surface area (Å²) in [7, 11) is 1.28. The molecule has 70 valence electrons. The molecule has 0 rings (SSSR count). The molecule has 0 aromatic heterocycles. The summed E-state index contributed by atoms with van der Waals surface area (Å²) < 4.78 is 3.57. The van der Waals surface area contributed by atoms with E-state index in [0.29, 0.717) is 0 Å². The Kier molecular flexibility index (Phi) is 4.98. The number of carbonyl (C=O) groups excluding carboxylic acids is 1. The van der Waals surface area contributed by atoms with Gasteiger partial charge in [0.05, 0.1) is 0 Å². The van der Waals surface area contributed by atoms with Crippen LogP contribution in [0.3, 0.4) is 0 Å². The van der Waals surface area contributed by atoms with Gasteiger partial charge in [-0.15, -0.1) is 0 Å². The van der Waals surface area contributed by atoms with Crippen LogP contribution in [0.5, 0.6) is 0 Å². The maximum absolute atomic E-state index is 10.8. The van der Waals surface area contributed by atoms with Gasteiger partial charge in [0.2, 0.25) is 0 Å². The number of hydrogen-bond acceptors (Lipinski definition) is 3. The van der Waals surface area contributed by atoms with Crippen LogP contribution in [0.4, 0.5) is 4.79 Å². The Morgan fingerprint density at radius 3 is 2.17 bits per heavy atom. The molecule has 0 saturated heterocycles. The Balaban J connectivity index is 4.14. The molecule has 0 aliphatic heterocycles. The van der Waals surface area contributed by atoms with Gasteiger partial charge in [-0.05, 0) is 0 Å². The van der Waals surface area contributed by atoms with Crippen molar-refractivity contribution in [1.82, 2.24) is 0 Å². The Morgan fingerprint density at radius 1 is 1.42 bits per heavy atom. The average Bonchev–Trinajstić information content (AvgIpc) is 1.98. The van der Waals surface area contributed by atoms with E-state index in [4.69, 9.17) is 5.11 Å². The van der Waals surface area contributed by atoms with E-state index in [0.717, 1.165) is 0 Å². The molecule has 2 atom stereocenters. The van der Waals surface area contributed by atoms with E-state index >= 15 is 0 Å². The molecular weight excluding hydrogens is 223 g/mol. The van der Waals surface area contributed by atoms with Gasteiger partial charge < -0.3 is 0 Å². The second-order valence-corrected chi connectivity index (χ2v) is 5.46. The molecule has 0 spiro atoms. The summed E-state index contributed by atoms with van der Waals surface area (Å²) in [6.07, 6.45) is 0. The van der Waals surface area contributed by atoms with Crippen LogP contribution in [0, 0.1) is 5.92 Å². The zero-order valence-corrected chi connectivity index (χ0v) is 9.42. The number of rotatable bonds is 4. The standard InChI is InChI=1S/C7H13AsO4/c1-4(2)5(6(9)10)8-7(11)12-3/h4-5,8H,1-3H3,(H,9,10). The van der Waals surface area contributed by atoms with E-state index in [-0.39, 0.29) is 10.7 Å². The molecule has 0 radical (unpaired) electrons. The molecule has 0 aliphatic rings. The molecule has 0 bridgehead atoms. The first-order valence-corrected chi connectivity index (χ1v) is 5.82. The molecule has 0 aromatic carbocycles. The van der Waals surface area contributed by atoms with E-state index < -0.39 is 26.4 Å². The van der Waals surface area contributed by atoms with Crippen molar-refractivity contribution >= 4 is 26.5 Å². The van der Waals surface area contributed by atoms with E-state index in [1.165, 1.54) is 7.11 Å². The summed E-state index contributed by atoms with van der Waals surface area (Å²) in [5, 5.41) is 8.71. The molecule has 0 heterocycles. The van der Waals surface area contributed by atoms with Gasteiger partial charge in [0.25, 0.3) is 0 Å². The molecular formula is C7H13AsO4. The van der Waals surface area contributed by atoms with Crippen molar-refractivity contribution in [2.45, 2.75) is 18.6 Å². The predicted molar refractivity (Wildman–Crippen MR) is 45.8 cm³/mol. The second-order valence-electron chi connectivity index (χ2n) is 2.70. The summed E-state index contributed by atoms with van der Waals surface area (Å²) in [4.78, 5) is 21.4. The first-order valence-electron chi connectivity index (χ1n) is 3.56. The number of carboxylic acid groups (broad SMARTS) is 1. The third-order valence-electron chi connectivity index (χ3n) is 1.39. The zero-order valence-electron chi connectivity index (χ0n) is 7.33. The second kappa shape index (κ2) is 5.20. The average molecular weight is 236 g/mol. The van der Waals surface area contributed by atoms with E-state index in [9.17, 15) is 9.59 Å². The van der Waals surface area contributed by atoms with Crippen LogP contribution in [0.2, 0.25) is 4.71 Å². The van der Waals surface area contributed by atoms with Crippen LogP contribution in [0.1, 0.15) is 13.8 Å². The summed E-state index contributed by atoms with van der Waals surface area (Å²) in [5.41, 5.74) is 0. The third-order valence-corrected chi connectivity index (χ3v) is 4.88. The number of ether oxygens (including phenoxy) is 1. The molecule has 0 aliphatic carbocycles. The molecule has 4 nitrogen and oxygen atoms in total. The quantitative estimate of drug-likeness (QED) is 0.730. The first kappa shape index (κ1) is 11.5. The number of hydrogen-bond donors (Lipinski definition) is 1. The summed E-state index contributed by atoms with van der Waals surface area (Å²) in [5.74, 6) is -0.892. The van der Waals surface area contributed by atoms with Gasteiger partial charge in [0, 0.05) is 0 Å². The number of carbonyl (C=O) groups is 2. The van der Waals surface area contributed by atoms with Crippen molar-refractivity contribution in [3.63, 3.8) is 0 Å². The van der Waals surface area contributed by atoms with Crippen molar-refractivity contribution in [2.75, 3.05) is 7.11 Å². The molecule has 12 heavy (non-hydrogen) atoms. The van der Waals surface area contributed by atoms with E-state index in [2.05, 4.69) is 4.74 Å². The summed E-state index contributed by atoms with van der Waals surface area (Å²) in [6, 6.07) is 0. The monoisotopic (exact) mass is 236 g/mol. The Morgan fingerprint density at radius 2 is 1.92 bits per heavy atom. The van der Waals surface area contributed by atoms with Crippen molar-refractivity contribution in [2.24, 2.45) is 5.92 Å². The van der Waals surface area contributed by atoms with Crippen molar-refractivity contribution in [3.05, 3.63) is 0 Å². The van der Waals surface area contributed by atoms with E-state index in [1.54, 1.807) is 13.8 Å². The van der Waals surface area contributed by atoms with Crippen molar-refractivity contribution in [3.8, 4) is 0 Å². The van der Waals surface area contributed by atoms with Gasteiger partial charge in [-0.25, -0.2) is 0 Å². The predicted octanol–water partition coefficient (Wildman–Crippen LogP) is 0.718. The van der Waals surface area contributed by atoms with Crippen molar-refractivity contribution in [1.29, 1.82) is 0 Å². The fourth-order valence-electron chi connectivity index (χ4n) is 0.699. The Bertz CT molecular complexity index is 178. The molecule has 0 aromatic rings. The van der Waals surface area contributed by atoms with Crippen LogP contribution >= 0.6 is 0 Å². The number of carboxylic acids is 1. The Hall–Kier alpha value is -0.502. The van der Waals surface area contributed by atoms with E-state index in [1.807, 2.05) is 0 Å². The van der Waals surface area contributed by atoms with Crippen LogP contribution in [-0.2, 0) is 9.53 Å². The van der Waals surface area contributed by atoms with Gasteiger partial charge in [-0.2, -0.15) is 0 Å². The van der Waals surface area contributed by atoms with Crippen LogP contribution in [-0.4, -0.2) is 38.7 Å². The fourth-order valence-corrected chi connectivity index (χ4v) is 2.44. The minimum atomic E-state index is -1.18. The number of methoxy groups -OCH3 is 1. The van der Waals surface area contributed by atoms with Gasteiger partial charge >= 0.3 is 77.5 Å². The zero-order chi connectivity index (χ0) is 9.72. The molecule has 2 unspecified atom stereocenters. The molecule has 5 heteroatoms. The first-order chi connectivity index (χ1) is 5.49. The SMILES string of the molecule is COC(=O)[AsH]C(C(=O)O)C(C)C. The molecule has 0 fully saturated rings. The molecule has 0 amide bonds. The Labute approximate surface area is 78.0 Å². The summed E-state index contributed by atoms with van der Waals surface area (Å²) >= 11 is -1.18. The van der Waals surface area contributed by atoms with Gasteiger partial charge in [-0.1, -0.05) is 0 Å². The number of aliphatic carboxylic acids is 1.